The summed E-state index contributed by atoms with van der Waals surface area (Å²) < 4.78 is 33.8. The number of phosphoric acid groups is 1. The molecule has 0 rings (SSSR count). The number of allylic oxidation sites excluding steroid dienone is 29. The maximum atomic E-state index is 12.7. The summed E-state index contributed by atoms with van der Waals surface area (Å²) in [4.78, 5) is 37.6. The fraction of sp³-hybridized carbons (Fsp3) is 0.484. The number of unbranched alkanes of at least 4 members (excludes halogenated alkanes) is 2. The lowest BCUT2D eigenvalue weighted by atomic mass is 10.2. The molecule has 0 aliphatic heterocycles. The summed E-state index contributed by atoms with van der Waals surface area (Å²) in [5, 5.41) is 0. The molecule has 0 radical (unpaired) electrons. The normalized spacial score (nSPS) is 14.8. The van der Waals surface area contributed by atoms with Crippen LogP contribution >= 0.6 is 7.82 Å². The van der Waals surface area contributed by atoms with E-state index in [2.05, 4.69) is 178 Å². The number of likely N-dealkylation sites (N-methyl/N-ethyl adjacent to an activating group) is 1. The Morgan fingerprint density at radius 1 is 0.444 bits per heavy atom. The molecule has 400 valence electrons. The summed E-state index contributed by atoms with van der Waals surface area (Å²) in [6.45, 7) is 3.79. The van der Waals surface area contributed by atoms with Crippen LogP contribution in [0.5, 0.6) is 0 Å². The van der Waals surface area contributed by atoms with Crippen LogP contribution in [-0.2, 0) is 32.7 Å². The van der Waals surface area contributed by atoms with E-state index in [1.807, 2.05) is 33.3 Å². The minimum absolute atomic E-state index is 0.0226. The number of hydrogen-bond acceptors (Lipinski definition) is 8. The second kappa shape index (κ2) is 51.0. The molecule has 0 saturated carbocycles. The average molecular weight is 1010 g/mol. The second-order valence-corrected chi connectivity index (χ2v) is 19.2. The van der Waals surface area contributed by atoms with Crippen LogP contribution in [0.25, 0.3) is 0 Å². The lowest BCUT2D eigenvalue weighted by molar-refractivity contribution is -0.870. The zero-order chi connectivity index (χ0) is 52.7. The maximum Gasteiger partial charge on any atom is 0.309 e. The highest BCUT2D eigenvalue weighted by Gasteiger charge is 2.21. The van der Waals surface area contributed by atoms with E-state index in [-0.39, 0.29) is 26.1 Å². The van der Waals surface area contributed by atoms with Gasteiger partial charge >= 0.3 is 11.9 Å². The summed E-state index contributed by atoms with van der Waals surface area (Å²) in [7, 11) is 1.05. The van der Waals surface area contributed by atoms with E-state index < -0.39 is 32.5 Å². The molecular formula is C62H94NO8P. The molecule has 0 aliphatic carbocycles. The Morgan fingerprint density at radius 3 is 1.12 bits per heavy atom. The lowest BCUT2D eigenvalue weighted by Crippen LogP contribution is -2.37. The molecule has 0 heterocycles. The summed E-state index contributed by atoms with van der Waals surface area (Å²) in [5.74, 6) is -1.05. The SMILES string of the molecule is CC/C=C\C/C=C\C/C=C\C/C=C\C/C=C\C/C=C\C/C=C\C/C=C\C/C=C\C/C=C\CCCCC(=O)OC(COC(=O)C/C=C\C/C=C\C/C=C\C/C=C\C/C=C\CC)COP(=O)([O-])OCC[N+](C)(C)C. The van der Waals surface area contributed by atoms with Gasteiger partial charge in [0, 0.05) is 6.42 Å². The molecule has 0 aromatic rings. The predicted octanol–water partition coefficient (Wildman–Crippen LogP) is 15.8. The number of carbonyl (C=O) groups excluding carboxylic acids is 2. The van der Waals surface area contributed by atoms with Crippen LogP contribution in [0.15, 0.2) is 182 Å². The minimum atomic E-state index is -4.68. The van der Waals surface area contributed by atoms with Gasteiger partial charge in [0.2, 0.25) is 0 Å². The third kappa shape index (κ3) is 54.4. The monoisotopic (exact) mass is 1010 g/mol. The molecule has 0 aromatic heterocycles. The van der Waals surface area contributed by atoms with Crippen LogP contribution < -0.4 is 4.89 Å². The summed E-state index contributed by atoms with van der Waals surface area (Å²) in [6, 6.07) is 0. The topological polar surface area (TPSA) is 111 Å². The number of phosphoric ester groups is 1. The van der Waals surface area contributed by atoms with Gasteiger partial charge in [-0.1, -0.05) is 196 Å². The van der Waals surface area contributed by atoms with Crippen LogP contribution in [0.4, 0.5) is 0 Å². The molecular weight excluding hydrogens is 918 g/mol. The highest BCUT2D eigenvalue weighted by Crippen LogP contribution is 2.38. The van der Waals surface area contributed by atoms with Gasteiger partial charge in [0.15, 0.2) is 6.10 Å². The molecule has 72 heavy (non-hydrogen) atoms. The highest BCUT2D eigenvalue weighted by molar-refractivity contribution is 7.45. The first-order chi connectivity index (χ1) is 35.0. The van der Waals surface area contributed by atoms with Crippen molar-refractivity contribution in [1.82, 2.24) is 0 Å². The van der Waals surface area contributed by atoms with Gasteiger partial charge in [-0.05, 0) is 116 Å². The Hall–Kier alpha value is -4.89. The molecule has 2 atom stereocenters. The average Bonchev–Trinajstić information content (AvgIpc) is 3.34. The Labute approximate surface area is 438 Å². The van der Waals surface area contributed by atoms with Gasteiger partial charge in [0.25, 0.3) is 7.82 Å². The number of ether oxygens (including phenoxy) is 2. The van der Waals surface area contributed by atoms with E-state index in [0.717, 1.165) is 103 Å². The first-order valence-electron chi connectivity index (χ1n) is 26.5. The lowest BCUT2D eigenvalue weighted by Gasteiger charge is -2.28. The summed E-state index contributed by atoms with van der Waals surface area (Å²) in [5.41, 5.74) is 0. The third-order valence-electron chi connectivity index (χ3n) is 9.95. The van der Waals surface area contributed by atoms with Crippen LogP contribution in [0, 0.1) is 0 Å². The van der Waals surface area contributed by atoms with Crippen molar-refractivity contribution in [2.24, 2.45) is 0 Å². The van der Waals surface area contributed by atoms with Gasteiger partial charge in [-0.25, -0.2) is 0 Å². The molecule has 0 aliphatic rings. The van der Waals surface area contributed by atoms with Crippen molar-refractivity contribution in [3.63, 3.8) is 0 Å². The number of nitrogens with zero attached hydrogens (tertiary/aromatic N) is 1. The van der Waals surface area contributed by atoms with Gasteiger partial charge in [-0.3, -0.25) is 14.2 Å². The van der Waals surface area contributed by atoms with E-state index in [4.69, 9.17) is 18.5 Å². The van der Waals surface area contributed by atoms with Gasteiger partial charge in [-0.2, -0.15) is 0 Å². The molecule has 0 N–H and O–H groups in total. The Morgan fingerprint density at radius 2 is 0.778 bits per heavy atom. The quantitative estimate of drug-likeness (QED) is 0.0195. The van der Waals surface area contributed by atoms with Crippen molar-refractivity contribution in [1.29, 1.82) is 0 Å². The van der Waals surface area contributed by atoms with Gasteiger partial charge in [0.1, 0.15) is 19.8 Å². The molecule has 0 saturated heterocycles. The van der Waals surface area contributed by atoms with Crippen molar-refractivity contribution < 1.29 is 42.1 Å². The van der Waals surface area contributed by atoms with Crippen molar-refractivity contribution in [2.45, 2.75) is 148 Å². The number of carbonyl (C=O) groups is 2. The van der Waals surface area contributed by atoms with Crippen LogP contribution in [0.2, 0.25) is 0 Å². The minimum Gasteiger partial charge on any atom is -0.756 e. The number of esters is 2. The highest BCUT2D eigenvalue weighted by atomic mass is 31.2. The summed E-state index contributed by atoms with van der Waals surface area (Å²) >= 11 is 0. The zero-order valence-electron chi connectivity index (χ0n) is 45.0. The molecule has 10 heteroatoms. The first kappa shape index (κ1) is 67.1. The zero-order valence-corrected chi connectivity index (χ0v) is 45.9. The predicted molar refractivity (Wildman–Crippen MR) is 304 cm³/mol. The fourth-order valence-corrected chi connectivity index (χ4v) is 6.66. The van der Waals surface area contributed by atoms with E-state index in [1.54, 1.807) is 6.08 Å². The smallest absolute Gasteiger partial charge is 0.309 e. The maximum absolute atomic E-state index is 12.7. The number of rotatable bonds is 45. The van der Waals surface area contributed by atoms with Gasteiger partial charge in [0.05, 0.1) is 34.2 Å². The van der Waals surface area contributed by atoms with Gasteiger partial charge in [-0.15, -0.1) is 0 Å². The molecule has 0 fully saturated rings. The van der Waals surface area contributed by atoms with Crippen molar-refractivity contribution >= 4 is 19.8 Å². The number of hydrogen-bond donors (Lipinski definition) is 0. The Bertz CT molecular complexity index is 1860. The van der Waals surface area contributed by atoms with Crippen LogP contribution in [-0.4, -0.2) is 70.0 Å². The molecule has 2 unspecified atom stereocenters. The van der Waals surface area contributed by atoms with Crippen molar-refractivity contribution in [3.8, 4) is 0 Å². The molecule has 0 amide bonds. The van der Waals surface area contributed by atoms with E-state index in [1.165, 1.54) is 0 Å². The molecule has 9 nitrogen and oxygen atoms in total. The number of quaternary nitrogens is 1. The second-order valence-electron chi connectivity index (χ2n) is 17.8. The Balaban J connectivity index is 4.42. The largest absolute Gasteiger partial charge is 0.756 e. The summed E-state index contributed by atoms with van der Waals surface area (Å²) in [6.07, 6.45) is 79.8. The first-order valence-corrected chi connectivity index (χ1v) is 28.0. The van der Waals surface area contributed by atoms with E-state index in [0.29, 0.717) is 23.9 Å². The van der Waals surface area contributed by atoms with Crippen molar-refractivity contribution in [3.05, 3.63) is 182 Å². The van der Waals surface area contributed by atoms with Crippen LogP contribution in [0.1, 0.15) is 142 Å². The van der Waals surface area contributed by atoms with E-state index in [9.17, 15) is 19.0 Å². The van der Waals surface area contributed by atoms with Crippen LogP contribution in [0.3, 0.4) is 0 Å². The molecule has 0 bridgehead atoms. The third-order valence-corrected chi connectivity index (χ3v) is 10.9. The molecule has 0 aromatic carbocycles. The standard InChI is InChI=1S/C62H94NO8P/c1-6-8-10-12-14-16-18-20-22-23-24-25-26-27-28-29-30-31-32-33-34-35-36-37-38-39-41-43-45-47-49-51-53-55-62(65)71-60(59-70-72(66,67)69-57-56-63(3,4)5)58-68-61(64)54-52-50-48-46-44-42-40-21-19-17-15-13-11-9-7-2/h8-11,14-17,20-22,24-25,27-28,30-31,33-34,36-37,39-41,44-47,50,52,60H,6-7,12-13,18-19,23,26,29,32,35,38,42-43,48-49,51,53-59H2,1-5H3/b10-8-,11-9-,16-14-,17-15-,22-20-,25-24-,28-27-,31-30-,34-33-,37-36-,40-21-,41-39-,46-44-,47-45-,52-50-. The van der Waals surface area contributed by atoms with Gasteiger partial charge < -0.3 is 27.9 Å². The molecule has 0 spiro atoms. The Kier molecular flexibility index (Phi) is 47.6. The van der Waals surface area contributed by atoms with E-state index >= 15 is 0 Å². The fourth-order valence-electron chi connectivity index (χ4n) is 5.93. The van der Waals surface area contributed by atoms with Crippen molar-refractivity contribution in [2.75, 3.05) is 47.5 Å².